The van der Waals surface area contributed by atoms with Crippen molar-refractivity contribution in [1.29, 1.82) is 0 Å². The lowest BCUT2D eigenvalue weighted by atomic mass is 10.1. The number of carbonyl (C=O) groups is 2. The minimum Gasteiger partial charge on any atom is -0.491 e. The molecule has 0 radical (unpaired) electrons. The first-order chi connectivity index (χ1) is 12.0. The van der Waals surface area contributed by atoms with Gasteiger partial charge in [-0.2, -0.15) is 0 Å². The van der Waals surface area contributed by atoms with Crippen LogP contribution in [0.15, 0.2) is 53.4 Å². The Bertz CT molecular complexity index is 818. The van der Waals surface area contributed by atoms with Crippen LogP contribution >= 0.6 is 11.8 Å². The number of nitrogens with one attached hydrogen (secondary N) is 1. The summed E-state index contributed by atoms with van der Waals surface area (Å²) < 4.78 is 18.4. The first-order valence-corrected chi connectivity index (χ1v) is 8.24. The molecule has 2 aromatic rings. The summed E-state index contributed by atoms with van der Waals surface area (Å²) in [6.07, 6.45) is 0.745. The summed E-state index contributed by atoms with van der Waals surface area (Å²) in [4.78, 5) is 22.9. The van der Waals surface area contributed by atoms with Crippen LogP contribution in [0.25, 0.3) is 6.08 Å². The highest BCUT2D eigenvalue weighted by molar-refractivity contribution is 8.18. The minimum absolute atomic E-state index is 0.0266. The van der Waals surface area contributed by atoms with E-state index < -0.39 is 12.0 Å². The van der Waals surface area contributed by atoms with Crippen molar-refractivity contribution in [2.45, 2.75) is 6.10 Å². The van der Waals surface area contributed by atoms with E-state index in [1.54, 1.807) is 30.3 Å². The average molecular weight is 359 g/mol. The smallest absolute Gasteiger partial charge is 0.290 e. The molecule has 0 bridgehead atoms. The van der Waals surface area contributed by atoms with Crippen molar-refractivity contribution in [1.82, 2.24) is 5.32 Å². The molecule has 1 atom stereocenters. The van der Waals surface area contributed by atoms with Gasteiger partial charge < -0.3 is 9.84 Å². The zero-order valence-corrected chi connectivity index (χ0v) is 13.8. The van der Waals surface area contributed by atoms with Crippen molar-refractivity contribution in [2.24, 2.45) is 0 Å². The van der Waals surface area contributed by atoms with Crippen LogP contribution in [0.3, 0.4) is 0 Å². The molecule has 2 amide bonds. The predicted octanol–water partition coefficient (Wildman–Crippen LogP) is 3.26. The van der Waals surface area contributed by atoms with Crippen molar-refractivity contribution in [3.8, 4) is 5.75 Å². The number of thioether (sulfide) groups is 1. The van der Waals surface area contributed by atoms with Gasteiger partial charge in [0.15, 0.2) is 0 Å². The maximum absolute atomic E-state index is 12.9. The second kappa shape index (κ2) is 7.50. The molecule has 2 aromatic carbocycles. The van der Waals surface area contributed by atoms with Crippen LogP contribution in [0, 0.1) is 5.82 Å². The highest BCUT2D eigenvalue weighted by Gasteiger charge is 2.24. The van der Waals surface area contributed by atoms with Gasteiger partial charge in [0, 0.05) is 0 Å². The zero-order valence-electron chi connectivity index (χ0n) is 12.9. The number of rotatable bonds is 5. The van der Waals surface area contributed by atoms with E-state index in [4.69, 9.17) is 4.74 Å². The Kier molecular flexibility index (Phi) is 5.16. The molecule has 128 valence electrons. The van der Waals surface area contributed by atoms with Crippen molar-refractivity contribution in [3.05, 3.63) is 70.4 Å². The van der Waals surface area contributed by atoms with Crippen LogP contribution in [0.5, 0.6) is 5.75 Å². The first kappa shape index (κ1) is 17.2. The van der Waals surface area contributed by atoms with Crippen LogP contribution < -0.4 is 10.1 Å². The van der Waals surface area contributed by atoms with E-state index in [1.807, 2.05) is 0 Å². The molecule has 5 nitrogen and oxygen atoms in total. The Morgan fingerprint density at radius 3 is 2.40 bits per heavy atom. The van der Waals surface area contributed by atoms with Gasteiger partial charge in [0.2, 0.25) is 0 Å². The number of hydrogen-bond acceptors (Lipinski definition) is 5. The summed E-state index contributed by atoms with van der Waals surface area (Å²) in [5.74, 6) is -0.224. The summed E-state index contributed by atoms with van der Waals surface area (Å²) in [5.41, 5.74) is 1.32. The number of carbonyl (C=O) groups excluding carboxylic acids is 2. The molecule has 2 N–H and O–H groups in total. The van der Waals surface area contributed by atoms with Crippen LogP contribution in [0.2, 0.25) is 0 Å². The number of benzene rings is 2. The van der Waals surface area contributed by atoms with Gasteiger partial charge in [0.05, 0.1) is 4.91 Å². The van der Waals surface area contributed by atoms with Gasteiger partial charge >= 0.3 is 0 Å². The lowest BCUT2D eigenvalue weighted by Crippen LogP contribution is -2.17. The quantitative estimate of drug-likeness (QED) is 0.802. The summed E-state index contributed by atoms with van der Waals surface area (Å²) in [6.45, 7) is 0.0266. The van der Waals surface area contributed by atoms with Crippen molar-refractivity contribution in [3.63, 3.8) is 0 Å². The molecule has 1 unspecified atom stereocenters. The molecule has 0 aliphatic carbocycles. The van der Waals surface area contributed by atoms with E-state index in [2.05, 4.69) is 5.32 Å². The van der Waals surface area contributed by atoms with E-state index in [-0.39, 0.29) is 17.7 Å². The molecule has 0 spiro atoms. The molecule has 1 saturated heterocycles. The maximum Gasteiger partial charge on any atom is 0.290 e. The molecule has 0 aromatic heterocycles. The molecule has 7 heteroatoms. The molecule has 3 rings (SSSR count). The number of halogens is 1. The Balaban J connectivity index is 1.59. The fraction of sp³-hybridized carbons (Fsp3) is 0.111. The SMILES string of the molecule is O=C1NC(=O)/C(=C\c2ccc(OCC(O)c3ccc(F)cc3)cc2)S1. The van der Waals surface area contributed by atoms with Gasteiger partial charge in [-0.15, -0.1) is 0 Å². The van der Waals surface area contributed by atoms with E-state index in [9.17, 15) is 19.1 Å². The third-order valence-corrected chi connectivity index (χ3v) is 4.29. The standard InChI is InChI=1S/C18H14FNO4S/c19-13-5-3-12(4-6-13)15(21)10-24-14-7-1-11(2-8-14)9-16-17(22)20-18(23)25-16/h1-9,15,21H,10H2,(H,20,22,23)/b16-9+. The van der Waals surface area contributed by atoms with Gasteiger partial charge in [0.1, 0.15) is 24.3 Å². The molecule has 25 heavy (non-hydrogen) atoms. The van der Waals surface area contributed by atoms with Gasteiger partial charge in [-0.25, -0.2) is 4.39 Å². The van der Waals surface area contributed by atoms with Crippen molar-refractivity contribution < 1.29 is 23.8 Å². The lowest BCUT2D eigenvalue weighted by Gasteiger charge is -2.12. The summed E-state index contributed by atoms with van der Waals surface area (Å²) in [7, 11) is 0. The van der Waals surface area contributed by atoms with Crippen LogP contribution in [-0.4, -0.2) is 22.9 Å². The number of imide groups is 1. The van der Waals surface area contributed by atoms with Crippen LogP contribution in [0.1, 0.15) is 17.2 Å². The predicted molar refractivity (Wildman–Crippen MR) is 92.4 cm³/mol. The highest BCUT2D eigenvalue weighted by atomic mass is 32.2. The zero-order chi connectivity index (χ0) is 17.8. The Labute approximate surface area is 147 Å². The maximum atomic E-state index is 12.9. The van der Waals surface area contributed by atoms with Crippen molar-refractivity contribution >= 4 is 29.0 Å². The molecule has 1 fully saturated rings. The van der Waals surface area contributed by atoms with Crippen LogP contribution in [0.4, 0.5) is 9.18 Å². The fourth-order valence-corrected chi connectivity index (χ4v) is 2.87. The summed E-state index contributed by atoms with van der Waals surface area (Å²) in [6, 6.07) is 12.4. The fourth-order valence-electron chi connectivity index (χ4n) is 2.19. The van der Waals surface area contributed by atoms with Gasteiger partial charge in [-0.1, -0.05) is 24.3 Å². The number of hydrogen-bond donors (Lipinski definition) is 2. The minimum atomic E-state index is -0.869. The van der Waals surface area contributed by atoms with Gasteiger partial charge in [0.25, 0.3) is 11.1 Å². The molecular formula is C18H14FNO4S. The highest BCUT2D eigenvalue weighted by Crippen LogP contribution is 2.26. The second-order valence-corrected chi connectivity index (χ2v) is 6.31. The molecule has 1 aliphatic rings. The second-order valence-electron chi connectivity index (χ2n) is 5.30. The van der Waals surface area contributed by atoms with Gasteiger partial charge in [-0.05, 0) is 53.2 Å². The molecule has 0 saturated carbocycles. The Morgan fingerprint density at radius 2 is 1.80 bits per heavy atom. The number of ether oxygens (including phenoxy) is 1. The van der Waals surface area contributed by atoms with E-state index in [1.165, 1.54) is 24.3 Å². The molecule has 1 aliphatic heterocycles. The van der Waals surface area contributed by atoms with E-state index in [0.29, 0.717) is 16.2 Å². The summed E-state index contributed by atoms with van der Waals surface area (Å²) in [5, 5.41) is 11.8. The van der Waals surface area contributed by atoms with Crippen LogP contribution in [-0.2, 0) is 4.79 Å². The summed E-state index contributed by atoms with van der Waals surface area (Å²) >= 11 is 0.856. The monoisotopic (exact) mass is 359 g/mol. The molecular weight excluding hydrogens is 345 g/mol. The third kappa shape index (κ3) is 4.46. The molecule has 1 heterocycles. The first-order valence-electron chi connectivity index (χ1n) is 7.42. The number of aliphatic hydroxyl groups is 1. The van der Waals surface area contributed by atoms with E-state index >= 15 is 0 Å². The van der Waals surface area contributed by atoms with E-state index in [0.717, 1.165) is 17.3 Å². The van der Waals surface area contributed by atoms with Crippen molar-refractivity contribution in [2.75, 3.05) is 6.61 Å². The lowest BCUT2D eigenvalue weighted by molar-refractivity contribution is -0.115. The third-order valence-electron chi connectivity index (χ3n) is 3.48. The van der Waals surface area contributed by atoms with Gasteiger partial charge in [-0.3, -0.25) is 14.9 Å². The topological polar surface area (TPSA) is 75.6 Å². The Morgan fingerprint density at radius 1 is 1.12 bits per heavy atom. The Hall–Kier alpha value is -2.64. The number of amides is 2. The average Bonchev–Trinajstić information content (AvgIpc) is 2.92. The number of aliphatic hydroxyl groups excluding tert-OH is 1. The largest absolute Gasteiger partial charge is 0.491 e. The normalized spacial score (nSPS) is 16.8.